The Labute approximate surface area is 95.4 Å². The van der Waals surface area contributed by atoms with Crippen LogP contribution in [0.1, 0.15) is 30.9 Å². The van der Waals surface area contributed by atoms with E-state index in [1.807, 2.05) is 13.8 Å². The van der Waals surface area contributed by atoms with Crippen LogP contribution in [0.2, 0.25) is 5.02 Å². The predicted molar refractivity (Wildman–Crippen MR) is 65.3 cm³/mol. The van der Waals surface area contributed by atoms with E-state index in [9.17, 15) is 5.11 Å². The van der Waals surface area contributed by atoms with Crippen molar-refractivity contribution in [2.75, 3.05) is 6.54 Å². The number of phenolic OH excluding ortho intramolecular Hbond substituents is 1. The minimum Gasteiger partial charge on any atom is -0.507 e. The minimum absolute atomic E-state index is 0.244. The first-order valence-corrected chi connectivity index (χ1v) is 5.33. The van der Waals surface area contributed by atoms with Crippen LogP contribution in [0.15, 0.2) is 18.2 Å². The second-order valence-corrected chi connectivity index (χ2v) is 4.16. The number of nitrogens with two attached hydrogens (primary N) is 1. The molecule has 0 radical (unpaired) electrons. The second-order valence-electron chi connectivity index (χ2n) is 3.73. The number of hydrogen-bond acceptors (Lipinski definition) is 2. The van der Waals surface area contributed by atoms with Gasteiger partial charge >= 0.3 is 0 Å². The number of hydrogen-bond donors (Lipinski definition) is 2. The molecular formula is C12H16ClNO. The van der Waals surface area contributed by atoms with Gasteiger partial charge in [0.05, 0.1) is 0 Å². The topological polar surface area (TPSA) is 46.2 Å². The van der Waals surface area contributed by atoms with Crippen LogP contribution in [0.5, 0.6) is 5.75 Å². The first-order valence-electron chi connectivity index (χ1n) is 4.95. The van der Waals surface area contributed by atoms with Crippen LogP contribution in [0.4, 0.5) is 0 Å². The molecule has 0 aliphatic rings. The summed E-state index contributed by atoms with van der Waals surface area (Å²) in [6.07, 6.45) is 3.57. The van der Waals surface area contributed by atoms with Gasteiger partial charge in [-0.2, -0.15) is 0 Å². The molecule has 0 aliphatic carbocycles. The van der Waals surface area contributed by atoms with Crippen LogP contribution in [0.25, 0.3) is 6.08 Å². The van der Waals surface area contributed by atoms with Crippen LogP contribution < -0.4 is 5.73 Å². The van der Waals surface area contributed by atoms with Crippen LogP contribution in [-0.2, 0) is 0 Å². The highest BCUT2D eigenvalue weighted by Crippen LogP contribution is 2.32. The van der Waals surface area contributed by atoms with Gasteiger partial charge in [-0.15, -0.1) is 0 Å². The Hall–Kier alpha value is -0.990. The Morgan fingerprint density at radius 3 is 2.67 bits per heavy atom. The fourth-order valence-electron chi connectivity index (χ4n) is 1.40. The normalized spacial score (nSPS) is 11.5. The average Bonchev–Trinajstić information content (AvgIpc) is 2.18. The average molecular weight is 226 g/mol. The fourth-order valence-corrected chi connectivity index (χ4v) is 1.64. The summed E-state index contributed by atoms with van der Waals surface area (Å²) >= 11 is 5.97. The third-order valence-corrected chi connectivity index (χ3v) is 2.41. The molecule has 1 aromatic carbocycles. The van der Waals surface area contributed by atoms with E-state index in [-0.39, 0.29) is 5.92 Å². The van der Waals surface area contributed by atoms with Crippen molar-refractivity contribution in [3.05, 3.63) is 34.4 Å². The summed E-state index contributed by atoms with van der Waals surface area (Å²) in [6.45, 7) is 4.48. The zero-order chi connectivity index (χ0) is 11.4. The number of phenols is 1. The second kappa shape index (κ2) is 5.19. The maximum Gasteiger partial charge on any atom is 0.126 e. The molecule has 0 heterocycles. The van der Waals surface area contributed by atoms with Crippen LogP contribution in [0, 0.1) is 0 Å². The van der Waals surface area contributed by atoms with E-state index in [1.54, 1.807) is 24.3 Å². The SMILES string of the molecule is CC(C)c1cc(Cl)cc(/C=C/CN)c1O. The van der Waals surface area contributed by atoms with E-state index in [0.717, 1.165) is 11.1 Å². The molecule has 0 amide bonds. The van der Waals surface area contributed by atoms with Gasteiger partial charge < -0.3 is 10.8 Å². The first kappa shape index (κ1) is 12.1. The van der Waals surface area contributed by atoms with Crippen molar-refractivity contribution in [3.63, 3.8) is 0 Å². The van der Waals surface area contributed by atoms with E-state index in [1.165, 1.54) is 0 Å². The van der Waals surface area contributed by atoms with E-state index in [4.69, 9.17) is 17.3 Å². The van der Waals surface area contributed by atoms with Gasteiger partial charge in [0.2, 0.25) is 0 Å². The Morgan fingerprint density at radius 1 is 1.47 bits per heavy atom. The lowest BCUT2D eigenvalue weighted by molar-refractivity contribution is 0.463. The van der Waals surface area contributed by atoms with Crippen LogP contribution >= 0.6 is 11.6 Å². The van der Waals surface area contributed by atoms with Crippen molar-refractivity contribution < 1.29 is 5.11 Å². The van der Waals surface area contributed by atoms with Crippen molar-refractivity contribution in [1.29, 1.82) is 0 Å². The molecule has 1 aromatic rings. The van der Waals surface area contributed by atoms with Gasteiger partial charge in [-0.25, -0.2) is 0 Å². The fraction of sp³-hybridized carbons (Fsp3) is 0.333. The zero-order valence-electron chi connectivity index (χ0n) is 9.00. The maximum atomic E-state index is 9.96. The molecule has 0 aliphatic heterocycles. The van der Waals surface area contributed by atoms with Gasteiger partial charge in [-0.05, 0) is 23.6 Å². The number of benzene rings is 1. The summed E-state index contributed by atoms with van der Waals surface area (Å²) in [6, 6.07) is 3.52. The summed E-state index contributed by atoms with van der Waals surface area (Å²) in [5.41, 5.74) is 6.94. The predicted octanol–water partition coefficient (Wildman–Crippen LogP) is 3.14. The summed E-state index contributed by atoms with van der Waals surface area (Å²) in [5, 5.41) is 10.6. The van der Waals surface area contributed by atoms with Crippen molar-refractivity contribution >= 4 is 17.7 Å². The monoisotopic (exact) mass is 225 g/mol. The Balaban J connectivity index is 3.22. The Morgan fingerprint density at radius 2 is 2.13 bits per heavy atom. The molecule has 0 aromatic heterocycles. The van der Waals surface area contributed by atoms with Gasteiger partial charge in [0, 0.05) is 17.1 Å². The molecule has 3 N–H and O–H groups in total. The van der Waals surface area contributed by atoms with Gasteiger partial charge in [-0.3, -0.25) is 0 Å². The van der Waals surface area contributed by atoms with Crippen molar-refractivity contribution in [1.82, 2.24) is 0 Å². The molecular weight excluding hydrogens is 210 g/mol. The lowest BCUT2D eigenvalue weighted by Crippen LogP contribution is -1.93. The van der Waals surface area contributed by atoms with Crippen LogP contribution in [-0.4, -0.2) is 11.7 Å². The largest absolute Gasteiger partial charge is 0.507 e. The Bertz CT molecular complexity index is 372. The van der Waals surface area contributed by atoms with Crippen molar-refractivity contribution in [2.45, 2.75) is 19.8 Å². The zero-order valence-corrected chi connectivity index (χ0v) is 9.75. The van der Waals surface area contributed by atoms with E-state index < -0.39 is 0 Å². The third-order valence-electron chi connectivity index (χ3n) is 2.19. The van der Waals surface area contributed by atoms with Crippen LogP contribution in [0.3, 0.4) is 0 Å². The maximum absolute atomic E-state index is 9.96. The van der Waals surface area contributed by atoms with E-state index in [0.29, 0.717) is 17.3 Å². The summed E-state index contributed by atoms with van der Waals surface area (Å²) in [7, 11) is 0. The molecule has 2 nitrogen and oxygen atoms in total. The van der Waals surface area contributed by atoms with Crippen molar-refractivity contribution in [3.8, 4) is 5.75 Å². The molecule has 3 heteroatoms. The number of halogens is 1. The lowest BCUT2D eigenvalue weighted by Gasteiger charge is -2.11. The summed E-state index contributed by atoms with van der Waals surface area (Å²) in [5.74, 6) is 0.535. The highest BCUT2D eigenvalue weighted by atomic mass is 35.5. The van der Waals surface area contributed by atoms with Gasteiger partial charge in [0.1, 0.15) is 5.75 Å². The van der Waals surface area contributed by atoms with E-state index in [2.05, 4.69) is 0 Å². The molecule has 82 valence electrons. The van der Waals surface area contributed by atoms with Gasteiger partial charge in [0.15, 0.2) is 0 Å². The molecule has 15 heavy (non-hydrogen) atoms. The van der Waals surface area contributed by atoms with Gasteiger partial charge in [-0.1, -0.05) is 37.6 Å². The highest BCUT2D eigenvalue weighted by Gasteiger charge is 2.10. The number of rotatable bonds is 3. The molecule has 0 spiro atoms. The highest BCUT2D eigenvalue weighted by molar-refractivity contribution is 6.30. The first-order chi connectivity index (χ1) is 7.06. The molecule has 0 saturated carbocycles. The van der Waals surface area contributed by atoms with Gasteiger partial charge in [0.25, 0.3) is 0 Å². The molecule has 0 saturated heterocycles. The van der Waals surface area contributed by atoms with E-state index >= 15 is 0 Å². The Kier molecular flexibility index (Phi) is 4.18. The summed E-state index contributed by atoms with van der Waals surface area (Å²) < 4.78 is 0. The molecule has 0 fully saturated rings. The quantitative estimate of drug-likeness (QED) is 0.830. The molecule has 1 rings (SSSR count). The lowest BCUT2D eigenvalue weighted by atomic mass is 9.99. The standard InChI is InChI=1S/C12H16ClNO/c1-8(2)11-7-10(13)6-9(12(11)15)4-3-5-14/h3-4,6-8,15H,5,14H2,1-2H3/b4-3+. The third kappa shape index (κ3) is 2.98. The number of aromatic hydroxyl groups is 1. The molecule has 0 bridgehead atoms. The minimum atomic E-state index is 0.244. The molecule has 0 atom stereocenters. The summed E-state index contributed by atoms with van der Waals surface area (Å²) in [4.78, 5) is 0. The molecule has 0 unspecified atom stereocenters. The smallest absolute Gasteiger partial charge is 0.126 e. The van der Waals surface area contributed by atoms with Crippen molar-refractivity contribution in [2.24, 2.45) is 5.73 Å².